The molecule has 0 aliphatic rings. The maximum Gasteiger partial charge on any atom is 0.235 e. The maximum atomic E-state index is 12.7. The quantitative estimate of drug-likeness (QED) is 0.382. The summed E-state index contributed by atoms with van der Waals surface area (Å²) in [6.45, 7) is 1.78. The Bertz CT molecular complexity index is 1130. The van der Waals surface area contributed by atoms with Gasteiger partial charge in [-0.25, -0.2) is 13.2 Å². The summed E-state index contributed by atoms with van der Waals surface area (Å²) in [5, 5.41) is 0. The second-order valence-corrected chi connectivity index (χ2v) is 8.37. The highest BCUT2D eigenvalue weighted by molar-refractivity contribution is 7.92. The molecule has 0 amide bonds. The van der Waals surface area contributed by atoms with E-state index in [2.05, 4.69) is 4.98 Å². The number of anilines is 1. The molecule has 0 fully saturated rings. The molecule has 154 valence electrons. The van der Waals surface area contributed by atoms with E-state index >= 15 is 0 Å². The van der Waals surface area contributed by atoms with E-state index in [1.165, 1.54) is 10.2 Å². The number of hydrogen-bond donors (Lipinski definition) is 0. The van der Waals surface area contributed by atoms with Crippen molar-refractivity contribution >= 4 is 21.7 Å². The van der Waals surface area contributed by atoms with Crippen LogP contribution < -0.4 is 13.8 Å². The molecule has 7 nitrogen and oxygen atoms in total. The molecule has 0 aliphatic heterocycles. The molecule has 3 aromatic rings. The van der Waals surface area contributed by atoms with Gasteiger partial charge in [0.25, 0.3) is 0 Å². The summed E-state index contributed by atoms with van der Waals surface area (Å²) in [7, 11) is -3.52. The van der Waals surface area contributed by atoms with Crippen LogP contribution in [0.15, 0.2) is 79.3 Å². The van der Waals surface area contributed by atoms with Crippen LogP contribution in [0.2, 0.25) is 0 Å². The van der Waals surface area contributed by atoms with Crippen molar-refractivity contribution in [2.45, 2.75) is 13.5 Å². The van der Waals surface area contributed by atoms with Gasteiger partial charge in [-0.1, -0.05) is 12.1 Å². The van der Waals surface area contributed by atoms with Crippen LogP contribution in [0.25, 0.3) is 0 Å². The van der Waals surface area contributed by atoms with Crippen molar-refractivity contribution in [2.75, 3.05) is 10.1 Å². The average molecular weight is 424 g/mol. The van der Waals surface area contributed by atoms with Gasteiger partial charge in [-0.05, 0) is 55.0 Å². The van der Waals surface area contributed by atoms with Crippen LogP contribution in [0.1, 0.15) is 12.5 Å². The first-order chi connectivity index (χ1) is 14.5. The van der Waals surface area contributed by atoms with E-state index in [1.807, 2.05) is 6.07 Å². The van der Waals surface area contributed by atoms with Crippen molar-refractivity contribution in [1.82, 2.24) is 4.98 Å². The molecule has 1 aromatic heterocycles. The number of rotatable bonds is 9. The average Bonchev–Trinajstić information content (AvgIpc) is 2.78. The minimum atomic E-state index is -3.52. The van der Waals surface area contributed by atoms with Gasteiger partial charge in [0, 0.05) is 18.5 Å². The molecule has 0 spiro atoms. The van der Waals surface area contributed by atoms with Crippen LogP contribution in [0.4, 0.5) is 5.69 Å². The third-order valence-electron chi connectivity index (χ3n) is 4.16. The van der Waals surface area contributed by atoms with Crippen molar-refractivity contribution in [3.63, 3.8) is 0 Å². The zero-order chi connectivity index (χ0) is 21.4. The van der Waals surface area contributed by atoms with Crippen LogP contribution in [0, 0.1) is 0 Å². The predicted molar refractivity (Wildman–Crippen MR) is 114 cm³/mol. The lowest BCUT2D eigenvalue weighted by Crippen LogP contribution is -2.31. The zero-order valence-electron chi connectivity index (χ0n) is 16.3. The van der Waals surface area contributed by atoms with E-state index < -0.39 is 10.0 Å². The van der Waals surface area contributed by atoms with E-state index in [0.29, 0.717) is 22.9 Å². The van der Waals surface area contributed by atoms with Gasteiger partial charge < -0.3 is 9.47 Å². The lowest BCUT2D eigenvalue weighted by Gasteiger charge is -2.24. The molecule has 0 bridgehead atoms. The Morgan fingerprint density at radius 2 is 1.80 bits per heavy atom. The van der Waals surface area contributed by atoms with E-state index in [9.17, 15) is 13.2 Å². The molecule has 2 aromatic carbocycles. The summed E-state index contributed by atoms with van der Waals surface area (Å²) >= 11 is 0. The van der Waals surface area contributed by atoms with Crippen molar-refractivity contribution in [1.29, 1.82) is 0 Å². The molecule has 0 saturated carbocycles. The number of aromatic nitrogens is 1. The number of sulfonamides is 1. The monoisotopic (exact) mass is 424 g/mol. The van der Waals surface area contributed by atoms with E-state index in [0.717, 1.165) is 11.8 Å². The summed E-state index contributed by atoms with van der Waals surface area (Å²) in [5.74, 6) is 2.99. The van der Waals surface area contributed by atoms with Crippen molar-refractivity contribution in [3.8, 4) is 17.2 Å². The van der Waals surface area contributed by atoms with Crippen LogP contribution in [-0.2, 0) is 21.4 Å². The molecule has 30 heavy (non-hydrogen) atoms. The summed E-state index contributed by atoms with van der Waals surface area (Å²) in [6, 6.07) is 17.1. The Hall–Kier alpha value is -3.61. The fourth-order valence-electron chi connectivity index (χ4n) is 2.68. The summed E-state index contributed by atoms with van der Waals surface area (Å²) in [6.07, 6.45) is 4.20. The van der Waals surface area contributed by atoms with Gasteiger partial charge in [-0.2, -0.15) is 0 Å². The third-order valence-corrected chi connectivity index (χ3v) is 5.90. The molecule has 0 atom stereocenters. The first kappa shape index (κ1) is 21.1. The molecule has 0 N–H and O–H groups in total. The van der Waals surface area contributed by atoms with Gasteiger partial charge in [-0.3, -0.25) is 9.29 Å². The van der Waals surface area contributed by atoms with Gasteiger partial charge in [0.2, 0.25) is 10.0 Å². The summed E-state index contributed by atoms with van der Waals surface area (Å²) in [5.41, 5.74) is 1.27. The number of benzene rings is 2. The smallest absolute Gasteiger partial charge is 0.235 e. The first-order valence-electron chi connectivity index (χ1n) is 9.15. The third kappa shape index (κ3) is 5.47. The number of carbonyl (C=O) groups excluding carboxylic acids is 1. The highest BCUT2D eigenvalue weighted by atomic mass is 32.2. The Morgan fingerprint density at radius 1 is 1.03 bits per heavy atom. The number of ether oxygens (including phenoxy) is 2. The molecule has 0 unspecified atom stereocenters. The Balaban J connectivity index is 1.84. The standard InChI is InChI=1S/C22H20N2O5S/c1-2-30(26,27)24(17-18-5-4-12-23-16-18)19-6-3-7-22(15-19)29-21-10-8-20(9-11-21)28-14-13-25/h3-12,14-16H,2,17H2,1H3. The molecule has 0 radical (unpaired) electrons. The fraction of sp³-hybridized carbons (Fsp3) is 0.136. The van der Waals surface area contributed by atoms with Crippen LogP contribution >= 0.6 is 0 Å². The van der Waals surface area contributed by atoms with Crippen molar-refractivity contribution < 1.29 is 22.7 Å². The highest BCUT2D eigenvalue weighted by Gasteiger charge is 2.21. The summed E-state index contributed by atoms with van der Waals surface area (Å²) < 4.78 is 37.7. The maximum absolute atomic E-state index is 12.7. The van der Waals surface area contributed by atoms with Gasteiger partial charge >= 0.3 is 0 Å². The minimum absolute atomic E-state index is 0.0327. The lowest BCUT2D eigenvalue weighted by atomic mass is 10.2. The Kier molecular flexibility index (Phi) is 6.85. The molecule has 0 aliphatic carbocycles. The van der Waals surface area contributed by atoms with Crippen LogP contribution in [-0.4, -0.2) is 25.1 Å². The second-order valence-electron chi connectivity index (χ2n) is 6.19. The van der Waals surface area contributed by atoms with E-state index in [-0.39, 0.29) is 12.3 Å². The highest BCUT2D eigenvalue weighted by Crippen LogP contribution is 2.29. The van der Waals surface area contributed by atoms with Crippen molar-refractivity contribution in [3.05, 3.63) is 84.9 Å². The van der Waals surface area contributed by atoms with Gasteiger partial charge in [0.1, 0.15) is 17.2 Å². The molecule has 0 saturated heterocycles. The zero-order valence-corrected chi connectivity index (χ0v) is 17.1. The molecule has 1 heterocycles. The van der Waals surface area contributed by atoms with Gasteiger partial charge in [0.15, 0.2) is 12.2 Å². The normalized spacial score (nSPS) is 10.7. The molecule has 8 heteroatoms. The predicted octanol–water partition coefficient (Wildman–Crippen LogP) is 3.95. The van der Waals surface area contributed by atoms with Gasteiger partial charge in [-0.15, -0.1) is 0 Å². The SMILES string of the molecule is CCS(=O)(=O)N(Cc1cccnc1)c1cccc(Oc2ccc(OC=C=O)cc2)c1. The van der Waals surface area contributed by atoms with Gasteiger partial charge in [0.05, 0.1) is 18.0 Å². The summed E-state index contributed by atoms with van der Waals surface area (Å²) in [4.78, 5) is 14.3. The van der Waals surface area contributed by atoms with Crippen LogP contribution in [0.5, 0.6) is 17.2 Å². The number of nitrogens with zero attached hydrogens (tertiary/aromatic N) is 2. The fourth-order valence-corrected chi connectivity index (χ4v) is 3.77. The second kappa shape index (κ2) is 9.73. The first-order valence-corrected chi connectivity index (χ1v) is 10.8. The number of pyridine rings is 1. The minimum Gasteiger partial charge on any atom is -0.457 e. The molecular weight excluding hydrogens is 404 g/mol. The van der Waals surface area contributed by atoms with E-state index in [4.69, 9.17) is 9.47 Å². The van der Waals surface area contributed by atoms with E-state index in [1.54, 1.807) is 73.9 Å². The topological polar surface area (TPSA) is 85.8 Å². The molecule has 3 rings (SSSR count). The number of hydrogen-bond acceptors (Lipinski definition) is 6. The molecular formula is C22H20N2O5S. The van der Waals surface area contributed by atoms with Crippen LogP contribution in [0.3, 0.4) is 0 Å². The van der Waals surface area contributed by atoms with Crippen molar-refractivity contribution in [2.24, 2.45) is 0 Å². The lowest BCUT2D eigenvalue weighted by molar-refractivity contribution is 0.467. The Morgan fingerprint density at radius 3 is 2.47 bits per heavy atom. The largest absolute Gasteiger partial charge is 0.457 e. The Labute approximate surface area is 175 Å².